The Morgan fingerprint density at radius 2 is 2.24 bits per heavy atom. The standard InChI is InChI=1S/C18H27N5O2/c1-19-18(22-15-11-14-4-5-16(15)25-14)21-12-13-3-2-6-20-17(13)23-7-9-24-10-8-23/h2-3,6,14-16H,4-5,7-12H2,1H3,(H2,19,21,22). The Morgan fingerprint density at radius 3 is 2.96 bits per heavy atom. The summed E-state index contributed by atoms with van der Waals surface area (Å²) in [5.41, 5.74) is 1.18. The molecule has 4 rings (SSSR count). The van der Waals surface area contributed by atoms with E-state index >= 15 is 0 Å². The number of pyridine rings is 1. The van der Waals surface area contributed by atoms with E-state index in [9.17, 15) is 0 Å². The quantitative estimate of drug-likeness (QED) is 0.624. The lowest BCUT2D eigenvalue weighted by atomic mass is 9.96. The summed E-state index contributed by atoms with van der Waals surface area (Å²) >= 11 is 0. The zero-order valence-electron chi connectivity index (χ0n) is 14.8. The number of hydrogen-bond acceptors (Lipinski definition) is 5. The Balaban J connectivity index is 1.37. The number of hydrogen-bond donors (Lipinski definition) is 2. The van der Waals surface area contributed by atoms with Crippen LogP contribution in [-0.2, 0) is 16.0 Å². The maximum absolute atomic E-state index is 5.92. The van der Waals surface area contributed by atoms with E-state index in [1.54, 1.807) is 0 Å². The Labute approximate surface area is 148 Å². The van der Waals surface area contributed by atoms with Crippen molar-refractivity contribution in [3.8, 4) is 0 Å². The SMILES string of the molecule is CN=C(NCc1cccnc1N1CCOCC1)NC1CC2CCC1O2. The topological polar surface area (TPSA) is 71.0 Å². The first kappa shape index (κ1) is 16.6. The van der Waals surface area contributed by atoms with Gasteiger partial charge in [-0.2, -0.15) is 0 Å². The van der Waals surface area contributed by atoms with Gasteiger partial charge in [-0.05, 0) is 25.3 Å². The van der Waals surface area contributed by atoms with Crippen LogP contribution in [0.2, 0.25) is 0 Å². The normalized spacial score (nSPS) is 29.1. The van der Waals surface area contributed by atoms with Gasteiger partial charge in [-0.25, -0.2) is 4.98 Å². The molecule has 3 saturated heterocycles. The van der Waals surface area contributed by atoms with Gasteiger partial charge in [0.2, 0.25) is 0 Å². The molecule has 0 saturated carbocycles. The number of guanidine groups is 1. The highest BCUT2D eigenvalue weighted by Gasteiger charge is 2.41. The van der Waals surface area contributed by atoms with E-state index in [0.717, 1.165) is 50.9 Å². The summed E-state index contributed by atoms with van der Waals surface area (Å²) in [6.07, 6.45) is 6.07. The van der Waals surface area contributed by atoms with Gasteiger partial charge >= 0.3 is 0 Å². The molecule has 136 valence electrons. The Hall–Kier alpha value is -1.86. The Kier molecular flexibility index (Phi) is 5.03. The van der Waals surface area contributed by atoms with Crippen LogP contribution in [0.5, 0.6) is 0 Å². The molecule has 3 atom stereocenters. The van der Waals surface area contributed by atoms with Crippen LogP contribution in [-0.4, -0.2) is 62.5 Å². The van der Waals surface area contributed by atoms with E-state index in [1.165, 1.54) is 12.0 Å². The Morgan fingerprint density at radius 1 is 1.36 bits per heavy atom. The summed E-state index contributed by atoms with van der Waals surface area (Å²) in [5.74, 6) is 1.87. The van der Waals surface area contributed by atoms with Crippen LogP contribution in [0.25, 0.3) is 0 Å². The van der Waals surface area contributed by atoms with E-state index in [4.69, 9.17) is 9.47 Å². The summed E-state index contributed by atoms with van der Waals surface area (Å²) < 4.78 is 11.4. The molecule has 1 aromatic heterocycles. The molecule has 0 aliphatic carbocycles. The molecular formula is C18H27N5O2. The summed E-state index contributed by atoms with van der Waals surface area (Å²) in [7, 11) is 1.82. The molecule has 0 radical (unpaired) electrons. The number of nitrogens with one attached hydrogen (secondary N) is 2. The third-order valence-electron chi connectivity index (χ3n) is 5.28. The van der Waals surface area contributed by atoms with Gasteiger partial charge in [0.05, 0.1) is 31.5 Å². The van der Waals surface area contributed by atoms with Crippen LogP contribution in [0.15, 0.2) is 23.3 Å². The second kappa shape index (κ2) is 7.58. The molecule has 3 aliphatic heterocycles. The highest BCUT2D eigenvalue weighted by Crippen LogP contribution is 2.34. The van der Waals surface area contributed by atoms with Crippen molar-refractivity contribution < 1.29 is 9.47 Å². The van der Waals surface area contributed by atoms with Gasteiger partial charge in [0.15, 0.2) is 5.96 Å². The lowest BCUT2D eigenvalue weighted by Crippen LogP contribution is -2.47. The maximum atomic E-state index is 5.92. The monoisotopic (exact) mass is 345 g/mol. The average molecular weight is 345 g/mol. The van der Waals surface area contributed by atoms with Crippen LogP contribution < -0.4 is 15.5 Å². The lowest BCUT2D eigenvalue weighted by Gasteiger charge is -2.29. The highest BCUT2D eigenvalue weighted by molar-refractivity contribution is 5.80. The zero-order valence-corrected chi connectivity index (χ0v) is 14.8. The number of anilines is 1. The van der Waals surface area contributed by atoms with Crippen LogP contribution >= 0.6 is 0 Å². The molecular weight excluding hydrogens is 318 g/mol. The second-order valence-electron chi connectivity index (χ2n) is 6.87. The summed E-state index contributed by atoms with van der Waals surface area (Å²) in [6, 6.07) is 4.48. The number of fused-ring (bicyclic) bond motifs is 2. The van der Waals surface area contributed by atoms with Gasteiger partial charge in [-0.3, -0.25) is 4.99 Å². The second-order valence-corrected chi connectivity index (χ2v) is 6.87. The molecule has 7 nitrogen and oxygen atoms in total. The molecule has 4 heterocycles. The smallest absolute Gasteiger partial charge is 0.191 e. The molecule has 0 aromatic carbocycles. The van der Waals surface area contributed by atoms with E-state index in [0.29, 0.717) is 24.8 Å². The fourth-order valence-corrected chi connectivity index (χ4v) is 3.97. The number of aromatic nitrogens is 1. The minimum absolute atomic E-state index is 0.339. The summed E-state index contributed by atoms with van der Waals surface area (Å²) in [5, 5.41) is 6.96. The highest BCUT2D eigenvalue weighted by atomic mass is 16.5. The average Bonchev–Trinajstić information content (AvgIpc) is 3.29. The number of morpholine rings is 1. The minimum Gasteiger partial charge on any atom is -0.378 e. The number of aliphatic imine (C=N–C) groups is 1. The van der Waals surface area contributed by atoms with E-state index in [1.807, 2.05) is 19.3 Å². The van der Waals surface area contributed by atoms with Crippen molar-refractivity contribution in [2.75, 3.05) is 38.3 Å². The largest absolute Gasteiger partial charge is 0.378 e. The van der Waals surface area contributed by atoms with Crippen LogP contribution in [0, 0.1) is 0 Å². The van der Waals surface area contributed by atoms with E-state index < -0.39 is 0 Å². The summed E-state index contributed by atoms with van der Waals surface area (Å²) in [4.78, 5) is 11.3. The van der Waals surface area contributed by atoms with Gasteiger partial charge in [0, 0.05) is 38.4 Å². The van der Waals surface area contributed by atoms with Gasteiger partial charge in [-0.15, -0.1) is 0 Å². The number of ether oxygens (including phenoxy) is 2. The zero-order chi connectivity index (χ0) is 17.1. The molecule has 0 amide bonds. The predicted molar refractivity (Wildman–Crippen MR) is 96.9 cm³/mol. The number of nitrogens with zero attached hydrogens (tertiary/aromatic N) is 3. The number of rotatable bonds is 4. The molecule has 0 spiro atoms. The third kappa shape index (κ3) is 3.72. The van der Waals surface area contributed by atoms with Gasteiger partial charge < -0.3 is 25.0 Å². The molecule has 2 bridgehead atoms. The lowest BCUT2D eigenvalue weighted by molar-refractivity contribution is 0.0992. The van der Waals surface area contributed by atoms with Gasteiger partial charge in [0.1, 0.15) is 5.82 Å². The third-order valence-corrected chi connectivity index (χ3v) is 5.28. The maximum Gasteiger partial charge on any atom is 0.191 e. The first-order valence-electron chi connectivity index (χ1n) is 9.22. The van der Waals surface area contributed by atoms with Crippen molar-refractivity contribution in [1.29, 1.82) is 0 Å². The summed E-state index contributed by atoms with van der Waals surface area (Å²) in [6.45, 7) is 3.99. The van der Waals surface area contributed by atoms with Crippen molar-refractivity contribution in [3.05, 3.63) is 23.9 Å². The first-order chi connectivity index (χ1) is 12.3. The van der Waals surface area contributed by atoms with Crippen molar-refractivity contribution >= 4 is 11.8 Å². The van der Waals surface area contributed by atoms with Crippen molar-refractivity contribution in [1.82, 2.24) is 15.6 Å². The Bertz CT molecular complexity index is 617. The van der Waals surface area contributed by atoms with Gasteiger partial charge in [0.25, 0.3) is 0 Å². The van der Waals surface area contributed by atoms with Crippen molar-refractivity contribution in [3.63, 3.8) is 0 Å². The van der Waals surface area contributed by atoms with Crippen LogP contribution in [0.4, 0.5) is 5.82 Å². The van der Waals surface area contributed by atoms with Crippen LogP contribution in [0.1, 0.15) is 24.8 Å². The fourth-order valence-electron chi connectivity index (χ4n) is 3.97. The first-order valence-corrected chi connectivity index (χ1v) is 9.22. The van der Waals surface area contributed by atoms with Crippen molar-refractivity contribution in [2.24, 2.45) is 4.99 Å². The molecule has 3 aliphatic rings. The van der Waals surface area contributed by atoms with E-state index in [-0.39, 0.29) is 0 Å². The molecule has 7 heteroatoms. The molecule has 2 N–H and O–H groups in total. The molecule has 3 unspecified atom stereocenters. The van der Waals surface area contributed by atoms with Gasteiger partial charge in [-0.1, -0.05) is 6.07 Å². The minimum atomic E-state index is 0.339. The van der Waals surface area contributed by atoms with Crippen LogP contribution in [0.3, 0.4) is 0 Å². The van der Waals surface area contributed by atoms with E-state index in [2.05, 4.69) is 31.6 Å². The fraction of sp³-hybridized carbons (Fsp3) is 0.667. The molecule has 25 heavy (non-hydrogen) atoms. The molecule has 1 aromatic rings. The van der Waals surface area contributed by atoms with Crippen molar-refractivity contribution in [2.45, 2.75) is 44.1 Å². The predicted octanol–water partition coefficient (Wildman–Crippen LogP) is 0.903. The molecule has 3 fully saturated rings.